The van der Waals surface area contributed by atoms with Gasteiger partial charge in [-0.2, -0.15) is 0 Å². The van der Waals surface area contributed by atoms with E-state index >= 15 is 0 Å². The highest BCUT2D eigenvalue weighted by Gasteiger charge is 2.20. The standard InChI is InChI=1S/C13H17N5O/c1-18-9-16-17-13(18)8-19-12-5-4-11(15-7-12)6-14-10-2-3-10/h4-5,7,9-10,14H,2-3,6,8H2,1H3. The Bertz CT molecular complexity index is 532. The zero-order valence-electron chi connectivity index (χ0n) is 10.9. The summed E-state index contributed by atoms with van der Waals surface area (Å²) in [5.41, 5.74) is 1.04. The normalized spacial score (nSPS) is 14.6. The van der Waals surface area contributed by atoms with Crippen molar-refractivity contribution in [2.24, 2.45) is 7.05 Å². The molecule has 0 aliphatic heterocycles. The van der Waals surface area contributed by atoms with Gasteiger partial charge in [0.1, 0.15) is 18.7 Å². The second-order valence-corrected chi connectivity index (χ2v) is 4.79. The Morgan fingerprint density at radius 3 is 2.95 bits per heavy atom. The van der Waals surface area contributed by atoms with Gasteiger partial charge in [-0.05, 0) is 25.0 Å². The van der Waals surface area contributed by atoms with Crippen LogP contribution in [0.2, 0.25) is 0 Å². The van der Waals surface area contributed by atoms with E-state index < -0.39 is 0 Å². The molecule has 0 saturated heterocycles. The van der Waals surface area contributed by atoms with Crippen molar-refractivity contribution in [3.63, 3.8) is 0 Å². The van der Waals surface area contributed by atoms with Crippen LogP contribution in [-0.2, 0) is 20.2 Å². The van der Waals surface area contributed by atoms with Crippen LogP contribution in [0.5, 0.6) is 5.75 Å². The third-order valence-electron chi connectivity index (χ3n) is 3.12. The van der Waals surface area contributed by atoms with Crippen molar-refractivity contribution < 1.29 is 4.74 Å². The van der Waals surface area contributed by atoms with Gasteiger partial charge in [0.25, 0.3) is 0 Å². The van der Waals surface area contributed by atoms with Gasteiger partial charge in [-0.1, -0.05) is 0 Å². The fourth-order valence-corrected chi connectivity index (χ4v) is 1.72. The van der Waals surface area contributed by atoms with Gasteiger partial charge in [0.05, 0.1) is 11.9 Å². The van der Waals surface area contributed by atoms with E-state index in [0.717, 1.165) is 23.8 Å². The molecule has 19 heavy (non-hydrogen) atoms. The molecule has 0 bridgehead atoms. The van der Waals surface area contributed by atoms with E-state index in [2.05, 4.69) is 20.5 Å². The predicted octanol–water partition coefficient (Wildman–Crippen LogP) is 1.04. The maximum atomic E-state index is 5.62. The van der Waals surface area contributed by atoms with Crippen LogP contribution in [0.15, 0.2) is 24.7 Å². The first-order valence-corrected chi connectivity index (χ1v) is 6.45. The SMILES string of the molecule is Cn1cnnc1COc1ccc(CNC2CC2)nc1. The van der Waals surface area contributed by atoms with Crippen LogP contribution in [0, 0.1) is 0 Å². The molecule has 0 atom stereocenters. The molecule has 2 heterocycles. The van der Waals surface area contributed by atoms with Crippen LogP contribution in [0.3, 0.4) is 0 Å². The number of aromatic nitrogens is 4. The van der Waals surface area contributed by atoms with Gasteiger partial charge in [0.2, 0.25) is 0 Å². The fourth-order valence-electron chi connectivity index (χ4n) is 1.72. The zero-order chi connectivity index (χ0) is 13.1. The first kappa shape index (κ1) is 12.1. The summed E-state index contributed by atoms with van der Waals surface area (Å²) in [6.45, 7) is 1.23. The van der Waals surface area contributed by atoms with Crippen molar-refractivity contribution >= 4 is 0 Å². The second-order valence-electron chi connectivity index (χ2n) is 4.79. The molecule has 2 aromatic rings. The average molecular weight is 259 g/mol. The van der Waals surface area contributed by atoms with Crippen molar-refractivity contribution in [1.29, 1.82) is 0 Å². The van der Waals surface area contributed by atoms with Crippen LogP contribution in [0.1, 0.15) is 24.4 Å². The number of hydrogen-bond acceptors (Lipinski definition) is 5. The average Bonchev–Trinajstić information content (AvgIpc) is 3.18. The lowest BCUT2D eigenvalue weighted by Crippen LogP contribution is -2.16. The minimum absolute atomic E-state index is 0.401. The first-order chi connectivity index (χ1) is 9.31. The molecule has 6 nitrogen and oxygen atoms in total. The molecule has 0 amide bonds. The summed E-state index contributed by atoms with van der Waals surface area (Å²) in [4.78, 5) is 4.37. The molecule has 1 N–H and O–H groups in total. The monoisotopic (exact) mass is 259 g/mol. The maximum absolute atomic E-state index is 5.62. The summed E-state index contributed by atoms with van der Waals surface area (Å²) in [5.74, 6) is 1.54. The van der Waals surface area contributed by atoms with Gasteiger partial charge in [-0.15, -0.1) is 10.2 Å². The van der Waals surface area contributed by atoms with Gasteiger partial charge < -0.3 is 14.6 Å². The smallest absolute Gasteiger partial charge is 0.170 e. The third kappa shape index (κ3) is 3.29. The Morgan fingerprint density at radius 1 is 1.42 bits per heavy atom. The molecule has 0 radical (unpaired) electrons. The van der Waals surface area contributed by atoms with Gasteiger partial charge in [-0.3, -0.25) is 4.98 Å². The second kappa shape index (κ2) is 5.36. The van der Waals surface area contributed by atoms with E-state index in [9.17, 15) is 0 Å². The lowest BCUT2D eigenvalue weighted by atomic mass is 10.3. The molecule has 1 fully saturated rings. The summed E-state index contributed by atoms with van der Waals surface area (Å²) in [7, 11) is 1.89. The van der Waals surface area contributed by atoms with Crippen LogP contribution < -0.4 is 10.1 Å². The summed E-state index contributed by atoms with van der Waals surface area (Å²) in [5, 5.41) is 11.2. The number of hydrogen-bond donors (Lipinski definition) is 1. The molecule has 0 aromatic carbocycles. The van der Waals surface area contributed by atoms with Crippen LogP contribution in [0.25, 0.3) is 0 Å². The van der Waals surface area contributed by atoms with Gasteiger partial charge in [0, 0.05) is 19.6 Å². The van der Waals surface area contributed by atoms with Crippen LogP contribution >= 0.6 is 0 Å². The van der Waals surface area contributed by atoms with E-state index in [0.29, 0.717) is 12.6 Å². The first-order valence-electron chi connectivity index (χ1n) is 6.45. The number of pyridine rings is 1. The highest BCUT2D eigenvalue weighted by molar-refractivity contribution is 5.20. The maximum Gasteiger partial charge on any atom is 0.170 e. The number of ether oxygens (including phenoxy) is 1. The van der Waals surface area contributed by atoms with E-state index in [1.807, 2.05) is 23.7 Å². The van der Waals surface area contributed by atoms with Crippen molar-refractivity contribution in [2.45, 2.75) is 32.0 Å². The van der Waals surface area contributed by atoms with E-state index in [-0.39, 0.29) is 0 Å². The Hall–Kier alpha value is -1.95. The van der Waals surface area contributed by atoms with E-state index in [1.165, 1.54) is 12.8 Å². The van der Waals surface area contributed by atoms with Crippen molar-refractivity contribution in [1.82, 2.24) is 25.1 Å². The molecule has 1 saturated carbocycles. The van der Waals surface area contributed by atoms with E-state index in [4.69, 9.17) is 4.74 Å². The van der Waals surface area contributed by atoms with Crippen molar-refractivity contribution in [3.05, 3.63) is 36.2 Å². The minimum Gasteiger partial charge on any atom is -0.484 e. The van der Waals surface area contributed by atoms with Crippen molar-refractivity contribution in [2.75, 3.05) is 0 Å². The van der Waals surface area contributed by atoms with Crippen LogP contribution in [0.4, 0.5) is 0 Å². The molecule has 2 aromatic heterocycles. The molecule has 0 unspecified atom stereocenters. The summed E-state index contributed by atoms with van der Waals surface area (Å²) in [6.07, 6.45) is 5.99. The van der Waals surface area contributed by atoms with Crippen molar-refractivity contribution in [3.8, 4) is 5.75 Å². The van der Waals surface area contributed by atoms with E-state index in [1.54, 1.807) is 12.5 Å². The summed E-state index contributed by atoms with van der Waals surface area (Å²) >= 11 is 0. The third-order valence-corrected chi connectivity index (χ3v) is 3.12. The molecular formula is C13H17N5O. The number of nitrogens with one attached hydrogen (secondary N) is 1. The molecule has 0 spiro atoms. The Balaban J connectivity index is 1.52. The van der Waals surface area contributed by atoms with Crippen LogP contribution in [-0.4, -0.2) is 25.8 Å². The fraction of sp³-hybridized carbons (Fsp3) is 0.462. The Labute approximate surface area is 111 Å². The number of aryl methyl sites for hydroxylation is 1. The van der Waals surface area contributed by atoms with Gasteiger partial charge in [0.15, 0.2) is 5.82 Å². The summed E-state index contributed by atoms with van der Waals surface area (Å²) in [6, 6.07) is 4.63. The quantitative estimate of drug-likeness (QED) is 0.839. The predicted molar refractivity (Wildman–Crippen MR) is 69.4 cm³/mol. The molecule has 3 rings (SSSR count). The topological polar surface area (TPSA) is 64.9 Å². The molecule has 1 aliphatic carbocycles. The van der Waals surface area contributed by atoms with Gasteiger partial charge >= 0.3 is 0 Å². The minimum atomic E-state index is 0.401. The number of rotatable bonds is 6. The lowest BCUT2D eigenvalue weighted by Gasteiger charge is -2.06. The highest BCUT2D eigenvalue weighted by Crippen LogP contribution is 2.19. The Kier molecular flexibility index (Phi) is 3.41. The summed E-state index contributed by atoms with van der Waals surface area (Å²) < 4.78 is 7.45. The zero-order valence-corrected chi connectivity index (χ0v) is 10.9. The molecule has 100 valence electrons. The highest BCUT2D eigenvalue weighted by atomic mass is 16.5. The largest absolute Gasteiger partial charge is 0.484 e. The number of nitrogens with zero attached hydrogens (tertiary/aromatic N) is 4. The Morgan fingerprint density at radius 2 is 2.32 bits per heavy atom. The van der Waals surface area contributed by atoms with Gasteiger partial charge in [-0.25, -0.2) is 0 Å². The molecule has 1 aliphatic rings. The molecule has 6 heteroatoms. The molecular weight excluding hydrogens is 242 g/mol. The lowest BCUT2D eigenvalue weighted by molar-refractivity contribution is 0.290.